The van der Waals surface area contributed by atoms with E-state index in [9.17, 15) is 9.90 Å². The average molecular weight is 377 g/mol. The molecule has 0 saturated carbocycles. The second-order valence-electron chi connectivity index (χ2n) is 6.40. The van der Waals surface area contributed by atoms with Crippen LogP contribution in [0.15, 0.2) is 23.4 Å². The first-order valence-corrected chi connectivity index (χ1v) is 9.97. The van der Waals surface area contributed by atoms with Crippen molar-refractivity contribution in [2.45, 2.75) is 45.7 Å². The number of nitrogens with zero attached hydrogens (tertiary/aromatic N) is 4. The van der Waals surface area contributed by atoms with E-state index in [2.05, 4.69) is 49.2 Å². The molecule has 0 aliphatic heterocycles. The van der Waals surface area contributed by atoms with Gasteiger partial charge in [-0.3, -0.25) is 9.36 Å². The van der Waals surface area contributed by atoms with Gasteiger partial charge in [0.15, 0.2) is 5.16 Å². The van der Waals surface area contributed by atoms with E-state index in [1.807, 2.05) is 11.5 Å². The summed E-state index contributed by atoms with van der Waals surface area (Å²) in [5.41, 5.74) is 3.34. The Hall–Kier alpha value is -1.86. The van der Waals surface area contributed by atoms with Gasteiger partial charge in [0, 0.05) is 13.1 Å². The predicted octanol–water partition coefficient (Wildman–Crippen LogP) is 2.91. The van der Waals surface area contributed by atoms with Gasteiger partial charge in [0.05, 0.1) is 18.0 Å². The van der Waals surface area contributed by atoms with Crippen LogP contribution in [0.4, 0.5) is 0 Å². The second kappa shape index (κ2) is 9.73. The highest BCUT2D eigenvalue weighted by Gasteiger charge is 2.17. The molecule has 2 rings (SSSR count). The van der Waals surface area contributed by atoms with Crippen LogP contribution >= 0.6 is 11.8 Å². The topological polar surface area (TPSA) is 71.2 Å². The zero-order chi connectivity index (χ0) is 19.1. The first-order valence-electron chi connectivity index (χ1n) is 8.99. The number of aliphatic hydroxyl groups is 1. The van der Waals surface area contributed by atoms with Crippen LogP contribution < -0.4 is 0 Å². The monoisotopic (exact) mass is 376 g/mol. The van der Waals surface area contributed by atoms with Crippen LogP contribution in [0, 0.1) is 20.8 Å². The Kier molecular flexibility index (Phi) is 7.66. The van der Waals surface area contributed by atoms with E-state index >= 15 is 0 Å². The number of rotatable bonds is 9. The molecule has 7 heteroatoms. The van der Waals surface area contributed by atoms with Gasteiger partial charge in [0.2, 0.25) is 5.91 Å². The van der Waals surface area contributed by atoms with Crippen molar-refractivity contribution in [2.24, 2.45) is 0 Å². The first-order chi connectivity index (χ1) is 12.5. The van der Waals surface area contributed by atoms with E-state index < -0.39 is 0 Å². The van der Waals surface area contributed by atoms with E-state index in [0.29, 0.717) is 18.2 Å². The number of thioether (sulfide) groups is 1. The number of aryl methyl sites for hydroxylation is 3. The number of hydrogen-bond donors (Lipinski definition) is 1. The quantitative estimate of drug-likeness (QED) is 0.682. The smallest absolute Gasteiger partial charge is 0.233 e. The van der Waals surface area contributed by atoms with Crippen LogP contribution in [0.25, 0.3) is 5.69 Å². The predicted molar refractivity (Wildman–Crippen MR) is 105 cm³/mol. The third-order valence-corrected chi connectivity index (χ3v) is 5.14. The minimum Gasteiger partial charge on any atom is -0.395 e. The van der Waals surface area contributed by atoms with Crippen LogP contribution in [0.5, 0.6) is 0 Å². The number of carbonyl (C=O) groups is 1. The molecule has 142 valence electrons. The molecule has 1 aromatic heterocycles. The van der Waals surface area contributed by atoms with Gasteiger partial charge in [-0.15, -0.1) is 10.2 Å². The molecule has 0 radical (unpaired) electrons. The van der Waals surface area contributed by atoms with Crippen LogP contribution in [0.1, 0.15) is 36.7 Å². The van der Waals surface area contributed by atoms with Crippen molar-refractivity contribution in [3.05, 3.63) is 35.2 Å². The lowest BCUT2D eigenvalue weighted by Gasteiger charge is -2.21. The summed E-state index contributed by atoms with van der Waals surface area (Å²) in [7, 11) is 0. The van der Waals surface area contributed by atoms with Crippen molar-refractivity contribution in [3.63, 3.8) is 0 Å². The molecule has 0 saturated heterocycles. The maximum absolute atomic E-state index is 12.5. The number of aliphatic hydroxyl groups excluding tert-OH is 1. The van der Waals surface area contributed by atoms with E-state index in [-0.39, 0.29) is 18.3 Å². The number of hydrogen-bond acceptors (Lipinski definition) is 5. The summed E-state index contributed by atoms with van der Waals surface area (Å²) in [6.07, 6.45) is 1.96. The molecule has 0 aliphatic carbocycles. The Bertz CT molecular complexity index is 745. The SMILES string of the molecule is CCCCN(CCO)C(=O)CSc1nnc(C)n1-c1cc(C)ccc1C. The van der Waals surface area contributed by atoms with Crippen LogP contribution in [-0.2, 0) is 4.79 Å². The molecule has 2 aromatic rings. The van der Waals surface area contributed by atoms with Gasteiger partial charge >= 0.3 is 0 Å². The molecule has 0 bridgehead atoms. The molecular weight excluding hydrogens is 348 g/mol. The Balaban J connectivity index is 2.16. The first kappa shape index (κ1) is 20.5. The Morgan fingerprint density at radius 3 is 2.69 bits per heavy atom. The highest BCUT2D eigenvalue weighted by molar-refractivity contribution is 7.99. The summed E-state index contributed by atoms with van der Waals surface area (Å²) in [6, 6.07) is 6.27. The van der Waals surface area contributed by atoms with Crippen molar-refractivity contribution in [1.29, 1.82) is 0 Å². The summed E-state index contributed by atoms with van der Waals surface area (Å²) < 4.78 is 2.00. The molecule has 0 fully saturated rings. The number of unbranched alkanes of at least 4 members (excludes halogenated alkanes) is 1. The zero-order valence-electron chi connectivity index (χ0n) is 16.0. The van der Waals surface area contributed by atoms with Crippen LogP contribution in [0.3, 0.4) is 0 Å². The molecule has 0 spiro atoms. The van der Waals surface area contributed by atoms with Crippen molar-refractivity contribution in [3.8, 4) is 5.69 Å². The van der Waals surface area contributed by atoms with E-state index in [1.165, 1.54) is 17.3 Å². The van der Waals surface area contributed by atoms with Gasteiger partial charge in [-0.05, 0) is 44.4 Å². The maximum Gasteiger partial charge on any atom is 0.233 e. The summed E-state index contributed by atoms with van der Waals surface area (Å²) in [5.74, 6) is 1.10. The normalized spacial score (nSPS) is 11.0. The zero-order valence-corrected chi connectivity index (χ0v) is 16.8. The number of aromatic nitrogens is 3. The number of benzene rings is 1. The molecule has 6 nitrogen and oxygen atoms in total. The maximum atomic E-state index is 12.5. The second-order valence-corrected chi connectivity index (χ2v) is 7.34. The van der Waals surface area contributed by atoms with Gasteiger partial charge in [-0.1, -0.05) is 37.2 Å². The third-order valence-electron chi connectivity index (χ3n) is 4.23. The highest BCUT2D eigenvalue weighted by Crippen LogP contribution is 2.25. The molecule has 0 aliphatic rings. The van der Waals surface area contributed by atoms with Gasteiger partial charge in [0.1, 0.15) is 5.82 Å². The van der Waals surface area contributed by atoms with Crippen molar-refractivity contribution < 1.29 is 9.90 Å². The molecule has 1 aromatic carbocycles. The van der Waals surface area contributed by atoms with Gasteiger partial charge < -0.3 is 10.0 Å². The Morgan fingerprint density at radius 2 is 2.00 bits per heavy atom. The lowest BCUT2D eigenvalue weighted by Crippen LogP contribution is -2.35. The molecule has 1 N–H and O–H groups in total. The Morgan fingerprint density at radius 1 is 1.23 bits per heavy atom. The fourth-order valence-electron chi connectivity index (χ4n) is 2.72. The van der Waals surface area contributed by atoms with Crippen molar-refractivity contribution in [1.82, 2.24) is 19.7 Å². The number of amides is 1. The van der Waals surface area contributed by atoms with Crippen molar-refractivity contribution in [2.75, 3.05) is 25.4 Å². The van der Waals surface area contributed by atoms with Crippen LogP contribution in [-0.4, -0.2) is 56.1 Å². The molecule has 0 unspecified atom stereocenters. The fraction of sp³-hybridized carbons (Fsp3) is 0.526. The molecule has 1 amide bonds. The summed E-state index contributed by atoms with van der Waals surface area (Å²) in [6.45, 7) is 9.16. The lowest BCUT2D eigenvalue weighted by atomic mass is 10.1. The minimum absolute atomic E-state index is 0.0160. The largest absolute Gasteiger partial charge is 0.395 e. The lowest BCUT2D eigenvalue weighted by molar-refractivity contribution is -0.128. The average Bonchev–Trinajstić information content (AvgIpc) is 2.99. The molecule has 26 heavy (non-hydrogen) atoms. The van der Waals surface area contributed by atoms with E-state index in [4.69, 9.17) is 0 Å². The number of carbonyl (C=O) groups excluding carboxylic acids is 1. The highest BCUT2D eigenvalue weighted by atomic mass is 32.2. The van der Waals surface area contributed by atoms with Crippen molar-refractivity contribution >= 4 is 17.7 Å². The van der Waals surface area contributed by atoms with Gasteiger partial charge in [0.25, 0.3) is 0 Å². The Labute approximate surface area is 159 Å². The minimum atomic E-state index is -0.0160. The molecular formula is C19H28N4O2S. The third kappa shape index (κ3) is 5.08. The standard InChI is InChI=1S/C19H28N4O2S/c1-5-6-9-22(10-11-24)18(25)13-26-19-21-20-16(4)23(19)17-12-14(2)7-8-15(17)3/h7-8,12,24H,5-6,9-11,13H2,1-4H3. The van der Waals surface area contributed by atoms with E-state index in [1.54, 1.807) is 4.90 Å². The molecule has 1 heterocycles. The fourth-order valence-corrected chi connectivity index (χ4v) is 3.62. The summed E-state index contributed by atoms with van der Waals surface area (Å²) in [4.78, 5) is 14.2. The molecule has 0 atom stereocenters. The van der Waals surface area contributed by atoms with Crippen LogP contribution in [0.2, 0.25) is 0 Å². The van der Waals surface area contributed by atoms with E-state index in [0.717, 1.165) is 29.9 Å². The summed E-state index contributed by atoms with van der Waals surface area (Å²) in [5, 5.41) is 18.4. The van der Waals surface area contributed by atoms with Gasteiger partial charge in [-0.25, -0.2) is 0 Å². The van der Waals surface area contributed by atoms with Gasteiger partial charge in [-0.2, -0.15) is 0 Å². The summed E-state index contributed by atoms with van der Waals surface area (Å²) >= 11 is 1.39.